The topological polar surface area (TPSA) is 68.1 Å². The molecule has 1 heterocycles. The molecule has 0 aromatic carbocycles. The predicted molar refractivity (Wildman–Crippen MR) is 83.5 cm³/mol. The number of aromatic nitrogens is 1. The van der Waals surface area contributed by atoms with E-state index >= 15 is 0 Å². The van der Waals surface area contributed by atoms with Gasteiger partial charge in [0.05, 0.1) is 10.6 Å². The second-order valence-corrected chi connectivity index (χ2v) is 6.03. The number of nitro groups is 1. The number of rotatable bonds is 5. The van der Waals surface area contributed by atoms with Crippen LogP contribution in [0.2, 0.25) is 0 Å². The van der Waals surface area contributed by atoms with Crippen LogP contribution < -0.4 is 5.32 Å². The molecule has 21 heavy (non-hydrogen) atoms. The van der Waals surface area contributed by atoms with Crippen LogP contribution in [0.1, 0.15) is 49.4 Å². The standard InChI is InChI=1S/C16H25N3O2/c1-4-17-14-8-6-5-7-13(14)9-15-12(3)16(19(20)21)11(2)10-18-15/h10,13-14,17H,4-9H2,1-3H3. The molecule has 0 saturated heterocycles. The first kappa shape index (κ1) is 15.9. The zero-order valence-corrected chi connectivity index (χ0v) is 13.2. The van der Waals surface area contributed by atoms with E-state index in [1.54, 1.807) is 13.1 Å². The second kappa shape index (κ2) is 6.98. The van der Waals surface area contributed by atoms with Gasteiger partial charge in [-0.25, -0.2) is 0 Å². The summed E-state index contributed by atoms with van der Waals surface area (Å²) in [6.07, 6.45) is 7.39. The van der Waals surface area contributed by atoms with Gasteiger partial charge in [0, 0.05) is 23.4 Å². The first-order valence-electron chi connectivity index (χ1n) is 7.87. The fraction of sp³-hybridized carbons (Fsp3) is 0.688. The van der Waals surface area contributed by atoms with E-state index in [-0.39, 0.29) is 10.6 Å². The van der Waals surface area contributed by atoms with Crippen molar-refractivity contribution in [2.75, 3.05) is 6.54 Å². The van der Waals surface area contributed by atoms with Crippen LogP contribution in [0.3, 0.4) is 0 Å². The summed E-state index contributed by atoms with van der Waals surface area (Å²) in [4.78, 5) is 15.4. The summed E-state index contributed by atoms with van der Waals surface area (Å²) in [6.45, 7) is 6.69. The highest BCUT2D eigenvalue weighted by Gasteiger charge is 2.27. The monoisotopic (exact) mass is 291 g/mol. The SMILES string of the molecule is CCNC1CCCCC1Cc1ncc(C)c([N+](=O)[O-])c1C. The molecule has 1 aliphatic carbocycles. The van der Waals surface area contributed by atoms with Crippen molar-refractivity contribution in [2.45, 2.75) is 58.9 Å². The fourth-order valence-electron chi connectivity index (χ4n) is 3.48. The Labute approximate surface area is 126 Å². The lowest BCUT2D eigenvalue weighted by atomic mass is 9.81. The smallest absolute Gasteiger partial charge is 0.278 e. The molecule has 2 atom stereocenters. The van der Waals surface area contributed by atoms with E-state index in [0.717, 1.165) is 24.2 Å². The van der Waals surface area contributed by atoms with Crippen molar-refractivity contribution in [3.8, 4) is 0 Å². The van der Waals surface area contributed by atoms with E-state index < -0.39 is 0 Å². The van der Waals surface area contributed by atoms with E-state index in [1.165, 1.54) is 25.7 Å². The largest absolute Gasteiger partial charge is 0.314 e. The van der Waals surface area contributed by atoms with Crippen molar-refractivity contribution in [2.24, 2.45) is 5.92 Å². The predicted octanol–water partition coefficient (Wildman–Crippen LogP) is 3.32. The van der Waals surface area contributed by atoms with Gasteiger partial charge >= 0.3 is 0 Å². The molecule has 5 nitrogen and oxygen atoms in total. The molecule has 5 heteroatoms. The zero-order chi connectivity index (χ0) is 15.4. The molecule has 1 aliphatic rings. The average Bonchev–Trinajstić information content (AvgIpc) is 2.44. The summed E-state index contributed by atoms with van der Waals surface area (Å²) in [6, 6.07) is 0.519. The minimum absolute atomic E-state index is 0.232. The number of nitrogens with zero attached hydrogens (tertiary/aromatic N) is 2. The third-order valence-electron chi connectivity index (χ3n) is 4.59. The molecule has 2 unspecified atom stereocenters. The Morgan fingerprint density at radius 2 is 2.10 bits per heavy atom. The first-order chi connectivity index (χ1) is 10.0. The van der Waals surface area contributed by atoms with Crippen molar-refractivity contribution in [3.63, 3.8) is 0 Å². The number of hydrogen-bond acceptors (Lipinski definition) is 4. The van der Waals surface area contributed by atoms with Gasteiger partial charge < -0.3 is 5.32 Å². The Morgan fingerprint density at radius 1 is 1.38 bits per heavy atom. The molecule has 1 saturated carbocycles. The van der Waals surface area contributed by atoms with E-state index in [9.17, 15) is 10.1 Å². The van der Waals surface area contributed by atoms with Crippen LogP contribution in [0, 0.1) is 29.9 Å². The number of hydrogen-bond donors (Lipinski definition) is 1. The maximum Gasteiger partial charge on any atom is 0.278 e. The van der Waals surface area contributed by atoms with Crippen LogP contribution in [0.5, 0.6) is 0 Å². The summed E-state index contributed by atoms with van der Waals surface area (Å²) in [5.41, 5.74) is 2.51. The van der Waals surface area contributed by atoms with E-state index in [2.05, 4.69) is 17.2 Å². The maximum absolute atomic E-state index is 11.2. The van der Waals surface area contributed by atoms with Crippen LogP contribution in [0.25, 0.3) is 0 Å². The minimum Gasteiger partial charge on any atom is -0.314 e. The molecule has 1 aromatic rings. The lowest BCUT2D eigenvalue weighted by Gasteiger charge is -2.32. The second-order valence-electron chi connectivity index (χ2n) is 6.03. The van der Waals surface area contributed by atoms with Crippen molar-refractivity contribution >= 4 is 5.69 Å². The average molecular weight is 291 g/mol. The Kier molecular flexibility index (Phi) is 5.28. The lowest BCUT2D eigenvalue weighted by Crippen LogP contribution is -2.39. The van der Waals surface area contributed by atoms with E-state index in [4.69, 9.17) is 0 Å². The van der Waals surface area contributed by atoms with Crippen molar-refractivity contribution in [3.05, 3.63) is 33.1 Å². The molecule has 1 fully saturated rings. The van der Waals surface area contributed by atoms with Gasteiger partial charge in [-0.1, -0.05) is 19.8 Å². The number of nitrogens with one attached hydrogen (secondary N) is 1. The highest BCUT2D eigenvalue weighted by Crippen LogP contribution is 2.31. The van der Waals surface area contributed by atoms with Crippen LogP contribution in [-0.4, -0.2) is 22.5 Å². The summed E-state index contributed by atoms with van der Waals surface area (Å²) in [7, 11) is 0. The lowest BCUT2D eigenvalue weighted by molar-refractivity contribution is -0.386. The van der Waals surface area contributed by atoms with Crippen LogP contribution in [0.15, 0.2) is 6.20 Å². The van der Waals surface area contributed by atoms with Crippen molar-refractivity contribution in [1.29, 1.82) is 0 Å². The molecule has 1 aromatic heterocycles. The van der Waals surface area contributed by atoms with Gasteiger partial charge in [0.15, 0.2) is 0 Å². The highest BCUT2D eigenvalue weighted by atomic mass is 16.6. The number of pyridine rings is 1. The molecular weight excluding hydrogens is 266 g/mol. The fourth-order valence-corrected chi connectivity index (χ4v) is 3.48. The van der Waals surface area contributed by atoms with Crippen LogP contribution in [0.4, 0.5) is 5.69 Å². The molecule has 0 bridgehead atoms. The van der Waals surface area contributed by atoms with E-state index in [1.807, 2.05) is 6.92 Å². The van der Waals surface area contributed by atoms with Gasteiger partial charge in [0.2, 0.25) is 0 Å². The van der Waals surface area contributed by atoms with Crippen molar-refractivity contribution in [1.82, 2.24) is 10.3 Å². The Bertz CT molecular complexity index is 514. The van der Waals surface area contributed by atoms with Gasteiger partial charge in [0.25, 0.3) is 5.69 Å². The Balaban J connectivity index is 2.22. The quantitative estimate of drug-likeness (QED) is 0.667. The van der Waals surface area contributed by atoms with Gasteiger partial charge in [0.1, 0.15) is 0 Å². The summed E-state index contributed by atoms with van der Waals surface area (Å²) < 4.78 is 0. The van der Waals surface area contributed by atoms with E-state index in [0.29, 0.717) is 17.5 Å². The maximum atomic E-state index is 11.2. The summed E-state index contributed by atoms with van der Waals surface area (Å²) in [5.74, 6) is 0.534. The molecule has 116 valence electrons. The van der Waals surface area contributed by atoms with Gasteiger partial charge in [-0.3, -0.25) is 15.1 Å². The molecule has 0 spiro atoms. The van der Waals surface area contributed by atoms with Crippen LogP contribution >= 0.6 is 0 Å². The molecule has 2 rings (SSSR count). The minimum atomic E-state index is -0.279. The van der Waals surface area contributed by atoms with Crippen LogP contribution in [-0.2, 0) is 6.42 Å². The molecule has 0 aliphatic heterocycles. The third-order valence-corrected chi connectivity index (χ3v) is 4.59. The molecule has 0 radical (unpaired) electrons. The highest BCUT2D eigenvalue weighted by molar-refractivity contribution is 5.47. The molecular formula is C16H25N3O2. The van der Waals surface area contributed by atoms with Gasteiger partial charge in [-0.2, -0.15) is 0 Å². The van der Waals surface area contributed by atoms with Gasteiger partial charge in [-0.15, -0.1) is 0 Å². The Hall–Kier alpha value is -1.49. The first-order valence-corrected chi connectivity index (χ1v) is 7.87. The van der Waals surface area contributed by atoms with Crippen molar-refractivity contribution < 1.29 is 4.92 Å². The summed E-state index contributed by atoms with van der Waals surface area (Å²) >= 11 is 0. The normalized spacial score (nSPS) is 22.2. The molecule has 0 amide bonds. The third kappa shape index (κ3) is 3.59. The Morgan fingerprint density at radius 3 is 2.76 bits per heavy atom. The zero-order valence-electron chi connectivity index (χ0n) is 13.2. The molecule has 1 N–H and O–H groups in total. The van der Waals surface area contributed by atoms with Gasteiger partial charge in [-0.05, 0) is 45.6 Å². The summed E-state index contributed by atoms with van der Waals surface area (Å²) in [5, 5.41) is 14.8. The number of aryl methyl sites for hydroxylation is 1.